The molecule has 2 aromatic rings. The molecule has 84 valence electrons. The van der Waals surface area contributed by atoms with E-state index in [0.29, 0.717) is 16.9 Å². The summed E-state index contributed by atoms with van der Waals surface area (Å²) in [5.74, 6) is 2.88. The van der Waals surface area contributed by atoms with Crippen LogP contribution < -0.4 is 4.74 Å². The van der Waals surface area contributed by atoms with Gasteiger partial charge in [0.05, 0.1) is 12.7 Å². The highest BCUT2D eigenvalue weighted by Gasteiger charge is 2.07. The minimum absolute atomic E-state index is 0.263. The molecule has 0 saturated heterocycles. The van der Waals surface area contributed by atoms with E-state index >= 15 is 0 Å². The van der Waals surface area contributed by atoms with E-state index in [-0.39, 0.29) is 5.82 Å². The van der Waals surface area contributed by atoms with Crippen LogP contribution in [0.25, 0.3) is 11.1 Å². The van der Waals surface area contributed by atoms with Crippen LogP contribution in [0.3, 0.4) is 0 Å². The van der Waals surface area contributed by atoms with Crippen LogP contribution in [-0.2, 0) is 0 Å². The third-order valence-corrected chi connectivity index (χ3v) is 2.54. The number of rotatable bonds is 2. The van der Waals surface area contributed by atoms with Crippen LogP contribution >= 0.6 is 0 Å². The third kappa shape index (κ3) is 2.14. The van der Waals surface area contributed by atoms with Crippen LogP contribution in [0.5, 0.6) is 5.75 Å². The Bertz CT molecular complexity index is 582. The number of hydrogen-bond donors (Lipinski definition) is 0. The average Bonchev–Trinajstić information content (AvgIpc) is 2.38. The van der Waals surface area contributed by atoms with E-state index in [4.69, 9.17) is 11.2 Å². The summed E-state index contributed by atoms with van der Waals surface area (Å²) >= 11 is 0. The summed E-state index contributed by atoms with van der Waals surface area (Å²) in [7, 11) is 1.55. The van der Waals surface area contributed by atoms with Crippen molar-refractivity contribution < 1.29 is 9.13 Å². The molecular formula is C15H11FO. The molecule has 0 heterocycles. The van der Waals surface area contributed by atoms with Gasteiger partial charge in [-0.1, -0.05) is 30.2 Å². The van der Waals surface area contributed by atoms with Gasteiger partial charge in [-0.05, 0) is 23.8 Å². The second-order valence-corrected chi connectivity index (χ2v) is 3.54. The molecule has 0 saturated carbocycles. The monoisotopic (exact) mass is 226 g/mol. The van der Waals surface area contributed by atoms with Crippen molar-refractivity contribution in [1.29, 1.82) is 0 Å². The first kappa shape index (κ1) is 11.2. The topological polar surface area (TPSA) is 9.23 Å². The van der Waals surface area contributed by atoms with Gasteiger partial charge in [-0.2, -0.15) is 0 Å². The predicted octanol–water partition coefficient (Wildman–Crippen LogP) is 3.48. The molecule has 0 atom stereocenters. The van der Waals surface area contributed by atoms with Gasteiger partial charge in [0.2, 0.25) is 0 Å². The van der Waals surface area contributed by atoms with Gasteiger partial charge in [-0.25, -0.2) is 4.39 Å². The average molecular weight is 226 g/mol. The summed E-state index contributed by atoms with van der Waals surface area (Å²) < 4.78 is 18.7. The van der Waals surface area contributed by atoms with E-state index in [1.807, 2.05) is 0 Å². The quantitative estimate of drug-likeness (QED) is 0.712. The summed E-state index contributed by atoms with van der Waals surface area (Å²) in [5.41, 5.74) is 1.90. The lowest BCUT2D eigenvalue weighted by atomic mass is 10.0. The molecule has 0 spiro atoms. The minimum atomic E-state index is -0.263. The first-order valence-electron chi connectivity index (χ1n) is 5.16. The van der Waals surface area contributed by atoms with Crippen molar-refractivity contribution >= 4 is 0 Å². The van der Waals surface area contributed by atoms with Crippen LogP contribution in [-0.4, -0.2) is 7.11 Å². The summed E-state index contributed by atoms with van der Waals surface area (Å²) in [6.45, 7) is 0. The van der Waals surface area contributed by atoms with Crippen molar-refractivity contribution in [2.75, 3.05) is 7.11 Å². The maximum atomic E-state index is 13.6. The standard InChI is InChI=1S/C15H11FO/c1-3-11-10-12(8-9-15(11)17-2)13-6-4-5-7-14(13)16/h1,4-10H,2H3. The second kappa shape index (κ2) is 4.71. The molecule has 0 aliphatic carbocycles. The number of ether oxygens (including phenoxy) is 1. The Kier molecular flexibility index (Phi) is 3.11. The van der Waals surface area contributed by atoms with E-state index < -0.39 is 0 Å². The Labute approximate surface area is 99.9 Å². The van der Waals surface area contributed by atoms with Crippen LogP contribution in [0.2, 0.25) is 0 Å². The van der Waals surface area contributed by atoms with Gasteiger partial charge in [0.15, 0.2) is 0 Å². The zero-order valence-electron chi connectivity index (χ0n) is 9.41. The van der Waals surface area contributed by atoms with Crippen molar-refractivity contribution in [1.82, 2.24) is 0 Å². The van der Waals surface area contributed by atoms with E-state index in [1.165, 1.54) is 6.07 Å². The molecule has 0 fully saturated rings. The van der Waals surface area contributed by atoms with Gasteiger partial charge < -0.3 is 4.74 Å². The molecule has 1 nitrogen and oxygen atoms in total. The maximum Gasteiger partial charge on any atom is 0.134 e. The smallest absolute Gasteiger partial charge is 0.134 e. The molecule has 0 unspecified atom stereocenters. The van der Waals surface area contributed by atoms with Gasteiger partial charge in [0, 0.05) is 5.56 Å². The molecule has 0 bridgehead atoms. The maximum absolute atomic E-state index is 13.6. The molecule has 0 amide bonds. The molecule has 2 aromatic carbocycles. The van der Waals surface area contributed by atoms with Crippen molar-refractivity contribution in [3.05, 3.63) is 53.8 Å². The van der Waals surface area contributed by atoms with E-state index in [0.717, 1.165) is 5.56 Å². The number of terminal acetylenes is 1. The van der Waals surface area contributed by atoms with Crippen molar-refractivity contribution in [2.45, 2.75) is 0 Å². The lowest BCUT2D eigenvalue weighted by Crippen LogP contribution is -1.90. The summed E-state index contributed by atoms with van der Waals surface area (Å²) in [6.07, 6.45) is 5.39. The predicted molar refractivity (Wildman–Crippen MR) is 66.3 cm³/mol. The summed E-state index contributed by atoms with van der Waals surface area (Å²) in [5, 5.41) is 0. The van der Waals surface area contributed by atoms with Crippen molar-refractivity contribution in [3.63, 3.8) is 0 Å². The molecule has 2 heteroatoms. The van der Waals surface area contributed by atoms with Crippen molar-refractivity contribution in [2.24, 2.45) is 0 Å². The van der Waals surface area contributed by atoms with E-state index in [1.54, 1.807) is 43.5 Å². The molecular weight excluding hydrogens is 215 g/mol. The summed E-state index contributed by atoms with van der Waals surface area (Å²) in [6, 6.07) is 11.9. The highest BCUT2D eigenvalue weighted by Crippen LogP contribution is 2.27. The zero-order valence-corrected chi connectivity index (χ0v) is 9.41. The fourth-order valence-electron chi connectivity index (χ4n) is 1.68. The van der Waals surface area contributed by atoms with Gasteiger partial charge in [0.1, 0.15) is 11.6 Å². The first-order valence-corrected chi connectivity index (χ1v) is 5.16. The van der Waals surface area contributed by atoms with Crippen LogP contribution in [0.4, 0.5) is 4.39 Å². The molecule has 0 N–H and O–H groups in total. The second-order valence-electron chi connectivity index (χ2n) is 3.54. The number of hydrogen-bond acceptors (Lipinski definition) is 1. The van der Waals surface area contributed by atoms with Crippen LogP contribution in [0.15, 0.2) is 42.5 Å². The molecule has 0 aromatic heterocycles. The van der Waals surface area contributed by atoms with Crippen LogP contribution in [0, 0.1) is 18.2 Å². The number of halogens is 1. The third-order valence-electron chi connectivity index (χ3n) is 2.54. The first-order chi connectivity index (χ1) is 8.26. The lowest BCUT2D eigenvalue weighted by Gasteiger charge is -2.07. The van der Waals surface area contributed by atoms with E-state index in [2.05, 4.69) is 5.92 Å². The fraction of sp³-hybridized carbons (Fsp3) is 0.0667. The highest BCUT2D eigenvalue weighted by molar-refractivity contribution is 5.68. The molecule has 0 radical (unpaired) electrons. The fourth-order valence-corrected chi connectivity index (χ4v) is 1.68. The Balaban J connectivity index is 2.55. The normalized spacial score (nSPS) is 9.71. The van der Waals surface area contributed by atoms with Crippen LogP contribution in [0.1, 0.15) is 5.56 Å². The van der Waals surface area contributed by atoms with Crippen molar-refractivity contribution in [3.8, 4) is 29.2 Å². The zero-order chi connectivity index (χ0) is 12.3. The summed E-state index contributed by atoms with van der Waals surface area (Å²) in [4.78, 5) is 0. The SMILES string of the molecule is C#Cc1cc(-c2ccccc2F)ccc1OC. The minimum Gasteiger partial charge on any atom is -0.495 e. The van der Waals surface area contributed by atoms with Gasteiger partial charge in [-0.15, -0.1) is 6.42 Å². The van der Waals surface area contributed by atoms with Gasteiger partial charge in [-0.3, -0.25) is 0 Å². The Hall–Kier alpha value is -2.27. The molecule has 2 rings (SSSR count). The Morgan fingerprint density at radius 2 is 1.94 bits per heavy atom. The molecule has 0 aliphatic rings. The highest BCUT2D eigenvalue weighted by atomic mass is 19.1. The number of benzene rings is 2. The van der Waals surface area contributed by atoms with Gasteiger partial charge >= 0.3 is 0 Å². The van der Waals surface area contributed by atoms with Gasteiger partial charge in [0.25, 0.3) is 0 Å². The largest absolute Gasteiger partial charge is 0.495 e. The Morgan fingerprint density at radius 1 is 1.18 bits per heavy atom. The van der Waals surface area contributed by atoms with E-state index in [9.17, 15) is 4.39 Å². The lowest BCUT2D eigenvalue weighted by molar-refractivity contribution is 0.413. The molecule has 0 aliphatic heterocycles. The molecule has 17 heavy (non-hydrogen) atoms. The Morgan fingerprint density at radius 3 is 2.59 bits per heavy atom. The number of methoxy groups -OCH3 is 1.